The van der Waals surface area contributed by atoms with Gasteiger partial charge < -0.3 is 5.32 Å². The Morgan fingerprint density at radius 1 is 1.25 bits per heavy atom. The molecule has 0 unspecified atom stereocenters. The molecule has 1 aromatic carbocycles. The van der Waals surface area contributed by atoms with Crippen LogP contribution in [0, 0.1) is 5.82 Å². The smallest absolute Gasteiger partial charge is 0.123 e. The van der Waals surface area contributed by atoms with E-state index in [9.17, 15) is 4.39 Å². The predicted octanol–water partition coefficient (Wildman–Crippen LogP) is 4.13. The summed E-state index contributed by atoms with van der Waals surface area (Å²) in [6, 6.07) is 6.61. The minimum atomic E-state index is -0.185. The van der Waals surface area contributed by atoms with Crippen molar-refractivity contribution in [2.24, 2.45) is 0 Å². The van der Waals surface area contributed by atoms with Crippen molar-refractivity contribution in [3.05, 3.63) is 42.7 Å². The molecule has 0 heterocycles. The van der Waals surface area contributed by atoms with E-state index in [1.54, 1.807) is 12.1 Å². The normalized spacial score (nSPS) is 18.3. The Balaban J connectivity index is 2.11. The molecule has 1 nitrogen and oxygen atoms in total. The van der Waals surface area contributed by atoms with Crippen LogP contribution in [0.4, 0.5) is 10.1 Å². The van der Waals surface area contributed by atoms with Crippen molar-refractivity contribution in [3.8, 4) is 0 Å². The molecule has 1 aliphatic carbocycles. The number of anilines is 1. The standard InChI is InChI=1S/C14H18FN/c1-2-9-14(10-3-4-11-14)16-13-7-5-12(15)6-8-13/h2,5-8,16H,1,3-4,9-11H2. The van der Waals surface area contributed by atoms with Crippen LogP contribution in [0.3, 0.4) is 0 Å². The van der Waals surface area contributed by atoms with Crippen molar-refractivity contribution >= 4 is 5.69 Å². The largest absolute Gasteiger partial charge is 0.379 e. The number of halogens is 1. The first-order valence-corrected chi connectivity index (χ1v) is 5.89. The summed E-state index contributed by atoms with van der Waals surface area (Å²) < 4.78 is 12.8. The summed E-state index contributed by atoms with van der Waals surface area (Å²) >= 11 is 0. The topological polar surface area (TPSA) is 12.0 Å². The predicted molar refractivity (Wildman–Crippen MR) is 66.0 cm³/mol. The fraction of sp³-hybridized carbons (Fsp3) is 0.429. The Morgan fingerprint density at radius 2 is 1.88 bits per heavy atom. The van der Waals surface area contributed by atoms with Gasteiger partial charge in [-0.3, -0.25) is 0 Å². The Morgan fingerprint density at radius 3 is 2.44 bits per heavy atom. The van der Waals surface area contributed by atoms with Gasteiger partial charge >= 0.3 is 0 Å². The van der Waals surface area contributed by atoms with E-state index in [0.29, 0.717) is 0 Å². The minimum absolute atomic E-state index is 0.152. The van der Waals surface area contributed by atoms with E-state index in [2.05, 4.69) is 11.9 Å². The van der Waals surface area contributed by atoms with Crippen molar-refractivity contribution in [2.75, 3.05) is 5.32 Å². The molecule has 0 spiro atoms. The number of benzene rings is 1. The van der Waals surface area contributed by atoms with E-state index in [1.165, 1.54) is 37.8 Å². The van der Waals surface area contributed by atoms with Gasteiger partial charge in [-0.15, -0.1) is 6.58 Å². The van der Waals surface area contributed by atoms with Crippen LogP contribution in [0.25, 0.3) is 0 Å². The zero-order chi connectivity index (χ0) is 11.4. The minimum Gasteiger partial charge on any atom is -0.379 e. The molecule has 0 aromatic heterocycles. The second-order valence-electron chi connectivity index (χ2n) is 4.61. The number of hydrogen-bond acceptors (Lipinski definition) is 1. The van der Waals surface area contributed by atoms with Gasteiger partial charge in [0.05, 0.1) is 0 Å². The van der Waals surface area contributed by atoms with Crippen molar-refractivity contribution in [2.45, 2.75) is 37.6 Å². The molecule has 0 atom stereocenters. The van der Waals surface area contributed by atoms with Gasteiger partial charge in [0, 0.05) is 11.2 Å². The SMILES string of the molecule is C=CCC1(Nc2ccc(F)cc2)CCCC1. The van der Waals surface area contributed by atoms with Gasteiger partial charge in [0.2, 0.25) is 0 Å². The molecule has 16 heavy (non-hydrogen) atoms. The van der Waals surface area contributed by atoms with Crippen LogP contribution in [0.15, 0.2) is 36.9 Å². The van der Waals surface area contributed by atoms with Gasteiger partial charge in [-0.25, -0.2) is 4.39 Å². The van der Waals surface area contributed by atoms with Gasteiger partial charge in [-0.2, -0.15) is 0 Å². The van der Waals surface area contributed by atoms with Crippen molar-refractivity contribution in [1.29, 1.82) is 0 Å². The zero-order valence-corrected chi connectivity index (χ0v) is 9.51. The third-order valence-electron chi connectivity index (χ3n) is 3.35. The van der Waals surface area contributed by atoms with Gasteiger partial charge in [0.15, 0.2) is 0 Å². The molecule has 86 valence electrons. The Kier molecular flexibility index (Phi) is 3.28. The summed E-state index contributed by atoms with van der Waals surface area (Å²) in [5.41, 5.74) is 1.16. The number of nitrogens with one attached hydrogen (secondary N) is 1. The number of rotatable bonds is 4. The lowest BCUT2D eigenvalue weighted by atomic mass is 9.93. The quantitative estimate of drug-likeness (QED) is 0.751. The fourth-order valence-electron chi connectivity index (χ4n) is 2.55. The number of hydrogen-bond donors (Lipinski definition) is 1. The Labute approximate surface area is 96.4 Å². The lowest BCUT2D eigenvalue weighted by Crippen LogP contribution is -2.34. The molecule has 0 saturated heterocycles. The van der Waals surface area contributed by atoms with Crippen molar-refractivity contribution < 1.29 is 4.39 Å². The molecule has 1 aliphatic rings. The Bertz CT molecular complexity index is 350. The molecule has 2 rings (SSSR count). The molecular weight excluding hydrogens is 201 g/mol. The van der Waals surface area contributed by atoms with E-state index in [4.69, 9.17) is 0 Å². The van der Waals surface area contributed by atoms with Crippen molar-refractivity contribution in [3.63, 3.8) is 0 Å². The third kappa shape index (κ3) is 2.43. The molecule has 1 N–H and O–H groups in total. The van der Waals surface area contributed by atoms with Crippen LogP contribution >= 0.6 is 0 Å². The average Bonchev–Trinajstić information content (AvgIpc) is 2.71. The maximum atomic E-state index is 12.8. The van der Waals surface area contributed by atoms with Crippen LogP contribution < -0.4 is 5.32 Å². The second-order valence-corrected chi connectivity index (χ2v) is 4.61. The van der Waals surface area contributed by atoms with Crippen LogP contribution in [0.2, 0.25) is 0 Å². The molecular formula is C14H18FN. The molecule has 0 radical (unpaired) electrons. The summed E-state index contributed by atoms with van der Waals surface area (Å²) in [6.45, 7) is 3.82. The summed E-state index contributed by atoms with van der Waals surface area (Å²) in [5, 5.41) is 3.54. The van der Waals surface area contributed by atoms with Gasteiger partial charge in [0.1, 0.15) is 5.82 Å². The third-order valence-corrected chi connectivity index (χ3v) is 3.35. The van der Waals surface area contributed by atoms with Gasteiger partial charge in [0.25, 0.3) is 0 Å². The first kappa shape index (κ1) is 11.2. The van der Waals surface area contributed by atoms with E-state index in [1.807, 2.05) is 6.08 Å². The highest BCUT2D eigenvalue weighted by Crippen LogP contribution is 2.36. The first-order chi connectivity index (χ1) is 7.74. The lowest BCUT2D eigenvalue weighted by Gasteiger charge is -2.30. The molecule has 0 bridgehead atoms. The van der Waals surface area contributed by atoms with Crippen LogP contribution in [-0.2, 0) is 0 Å². The molecule has 2 heteroatoms. The lowest BCUT2D eigenvalue weighted by molar-refractivity contribution is 0.488. The second kappa shape index (κ2) is 4.69. The highest BCUT2D eigenvalue weighted by molar-refractivity contribution is 5.46. The van der Waals surface area contributed by atoms with E-state index < -0.39 is 0 Å². The van der Waals surface area contributed by atoms with Gasteiger partial charge in [-0.1, -0.05) is 18.9 Å². The molecule has 0 amide bonds. The fourth-order valence-corrected chi connectivity index (χ4v) is 2.55. The summed E-state index contributed by atoms with van der Waals surface area (Å²) in [6.07, 6.45) is 7.84. The highest BCUT2D eigenvalue weighted by Gasteiger charge is 2.32. The molecule has 0 aliphatic heterocycles. The summed E-state index contributed by atoms with van der Waals surface area (Å²) in [5.74, 6) is -0.185. The average molecular weight is 219 g/mol. The molecule has 1 saturated carbocycles. The molecule has 1 fully saturated rings. The maximum Gasteiger partial charge on any atom is 0.123 e. The molecule has 1 aromatic rings. The van der Waals surface area contributed by atoms with E-state index in [-0.39, 0.29) is 11.4 Å². The monoisotopic (exact) mass is 219 g/mol. The summed E-state index contributed by atoms with van der Waals surface area (Å²) in [7, 11) is 0. The zero-order valence-electron chi connectivity index (χ0n) is 9.51. The van der Waals surface area contributed by atoms with E-state index >= 15 is 0 Å². The Hall–Kier alpha value is -1.31. The first-order valence-electron chi connectivity index (χ1n) is 5.89. The van der Waals surface area contributed by atoms with Crippen LogP contribution in [0.1, 0.15) is 32.1 Å². The summed E-state index contributed by atoms with van der Waals surface area (Å²) in [4.78, 5) is 0. The maximum absolute atomic E-state index is 12.8. The van der Waals surface area contributed by atoms with Crippen LogP contribution in [0.5, 0.6) is 0 Å². The van der Waals surface area contributed by atoms with E-state index in [0.717, 1.165) is 12.1 Å². The highest BCUT2D eigenvalue weighted by atomic mass is 19.1. The van der Waals surface area contributed by atoms with Crippen molar-refractivity contribution in [1.82, 2.24) is 0 Å². The van der Waals surface area contributed by atoms with Gasteiger partial charge in [-0.05, 0) is 43.5 Å². The van der Waals surface area contributed by atoms with Crippen LogP contribution in [-0.4, -0.2) is 5.54 Å².